The molecule has 0 atom stereocenters. The molecule has 0 heterocycles. The summed E-state index contributed by atoms with van der Waals surface area (Å²) in [6, 6.07) is 6.09. The van der Waals surface area contributed by atoms with Gasteiger partial charge in [-0.05, 0) is 65.0 Å². The van der Waals surface area contributed by atoms with Gasteiger partial charge in [0.25, 0.3) is 0 Å². The van der Waals surface area contributed by atoms with Crippen LogP contribution in [0.1, 0.15) is 25.8 Å². The molecule has 0 aliphatic carbocycles. The van der Waals surface area contributed by atoms with Crippen LogP contribution in [0.5, 0.6) is 0 Å². The molecule has 0 fully saturated rings. The van der Waals surface area contributed by atoms with Gasteiger partial charge in [0.1, 0.15) is 0 Å². The summed E-state index contributed by atoms with van der Waals surface area (Å²) in [6.07, 6.45) is 1.35. The van der Waals surface area contributed by atoms with Crippen molar-refractivity contribution in [3.63, 3.8) is 0 Å². The molecule has 3 nitrogen and oxygen atoms in total. The van der Waals surface area contributed by atoms with E-state index in [1.165, 1.54) is 9.13 Å². The highest BCUT2D eigenvalue weighted by Crippen LogP contribution is 2.19. The number of hydrogen-bond acceptors (Lipinski definition) is 2. The average Bonchev–Trinajstić information content (AvgIpc) is 2.31. The van der Waals surface area contributed by atoms with E-state index < -0.39 is 0 Å². The normalized spacial score (nSPS) is 9.82. The van der Waals surface area contributed by atoms with Gasteiger partial charge in [0.15, 0.2) is 5.11 Å². The quantitative estimate of drug-likeness (QED) is 0.642. The Morgan fingerprint density at radius 2 is 2.12 bits per heavy atom. The van der Waals surface area contributed by atoms with Gasteiger partial charge in [0, 0.05) is 15.7 Å². The van der Waals surface area contributed by atoms with E-state index in [2.05, 4.69) is 46.2 Å². The monoisotopic (exact) mass is 362 g/mol. The molecule has 1 amide bonds. The van der Waals surface area contributed by atoms with Crippen LogP contribution in [0, 0.1) is 3.57 Å². The van der Waals surface area contributed by atoms with Crippen molar-refractivity contribution < 1.29 is 4.79 Å². The number of rotatable bonds is 3. The van der Waals surface area contributed by atoms with E-state index in [4.69, 9.17) is 12.2 Å². The lowest BCUT2D eigenvalue weighted by molar-refractivity contribution is -0.119. The SMILES string of the molecule is CCC(=O)NC(=S)Nc1ccc(I)cc1CC. The van der Waals surface area contributed by atoms with Crippen LogP contribution in [-0.4, -0.2) is 11.0 Å². The third-order valence-corrected chi connectivity index (χ3v) is 3.15. The maximum atomic E-state index is 11.2. The Hall–Kier alpha value is -0.690. The van der Waals surface area contributed by atoms with Crippen LogP contribution in [0.2, 0.25) is 0 Å². The number of nitrogens with one attached hydrogen (secondary N) is 2. The van der Waals surface area contributed by atoms with E-state index in [9.17, 15) is 4.79 Å². The standard InChI is InChI=1S/C12H15IN2OS/c1-3-8-7-9(13)5-6-10(8)14-12(17)15-11(16)4-2/h5-7H,3-4H2,1-2H3,(H2,14,15,16,17). The Labute approximate surface area is 121 Å². The van der Waals surface area contributed by atoms with E-state index >= 15 is 0 Å². The Morgan fingerprint density at radius 3 is 2.71 bits per heavy atom. The molecule has 1 rings (SSSR count). The van der Waals surface area contributed by atoms with Gasteiger partial charge in [-0.3, -0.25) is 4.79 Å². The van der Waals surface area contributed by atoms with Gasteiger partial charge < -0.3 is 10.6 Å². The second kappa shape index (κ2) is 6.90. The van der Waals surface area contributed by atoms with Crippen LogP contribution in [-0.2, 0) is 11.2 Å². The largest absolute Gasteiger partial charge is 0.332 e. The minimum Gasteiger partial charge on any atom is -0.332 e. The van der Waals surface area contributed by atoms with Crippen LogP contribution in [0.4, 0.5) is 5.69 Å². The Morgan fingerprint density at radius 1 is 1.41 bits per heavy atom. The van der Waals surface area contributed by atoms with Crippen molar-refractivity contribution in [3.05, 3.63) is 27.3 Å². The van der Waals surface area contributed by atoms with Gasteiger partial charge >= 0.3 is 0 Å². The average molecular weight is 362 g/mol. The molecule has 0 saturated heterocycles. The van der Waals surface area contributed by atoms with Gasteiger partial charge in [-0.1, -0.05) is 13.8 Å². The summed E-state index contributed by atoms with van der Waals surface area (Å²) in [6.45, 7) is 3.88. The van der Waals surface area contributed by atoms with E-state index in [0.717, 1.165) is 12.1 Å². The maximum Gasteiger partial charge on any atom is 0.225 e. The van der Waals surface area contributed by atoms with Crippen molar-refractivity contribution >= 4 is 51.5 Å². The third kappa shape index (κ3) is 4.59. The molecule has 1 aromatic carbocycles. The topological polar surface area (TPSA) is 41.1 Å². The molecule has 0 unspecified atom stereocenters. The minimum atomic E-state index is -0.0777. The van der Waals surface area contributed by atoms with Crippen molar-refractivity contribution in [2.24, 2.45) is 0 Å². The molecule has 0 spiro atoms. The number of hydrogen-bond donors (Lipinski definition) is 2. The number of anilines is 1. The molecule has 17 heavy (non-hydrogen) atoms. The van der Waals surface area contributed by atoms with Crippen molar-refractivity contribution in [1.29, 1.82) is 0 Å². The highest BCUT2D eigenvalue weighted by atomic mass is 127. The zero-order chi connectivity index (χ0) is 12.8. The fraction of sp³-hybridized carbons (Fsp3) is 0.333. The summed E-state index contributed by atoms with van der Waals surface area (Å²) >= 11 is 7.35. The number of halogens is 1. The molecule has 2 N–H and O–H groups in total. The summed E-state index contributed by atoms with van der Waals surface area (Å²) in [5.41, 5.74) is 2.14. The van der Waals surface area contributed by atoms with Crippen molar-refractivity contribution in [1.82, 2.24) is 5.32 Å². The van der Waals surface area contributed by atoms with Crippen LogP contribution in [0.3, 0.4) is 0 Å². The second-order valence-electron chi connectivity index (χ2n) is 3.51. The number of carbonyl (C=O) groups excluding carboxylic acids is 1. The van der Waals surface area contributed by atoms with Gasteiger partial charge in [-0.2, -0.15) is 0 Å². The fourth-order valence-corrected chi connectivity index (χ4v) is 2.12. The van der Waals surface area contributed by atoms with Crippen LogP contribution in [0.15, 0.2) is 18.2 Å². The molecule has 0 aromatic heterocycles. The van der Waals surface area contributed by atoms with Crippen molar-refractivity contribution in [2.75, 3.05) is 5.32 Å². The summed E-state index contributed by atoms with van der Waals surface area (Å²) < 4.78 is 1.19. The zero-order valence-corrected chi connectivity index (χ0v) is 12.8. The summed E-state index contributed by atoms with van der Waals surface area (Å²) in [5.74, 6) is -0.0777. The van der Waals surface area contributed by atoms with Crippen LogP contribution in [0.25, 0.3) is 0 Å². The molecule has 0 aliphatic rings. The number of aryl methyl sites for hydroxylation is 1. The zero-order valence-electron chi connectivity index (χ0n) is 9.84. The Kier molecular flexibility index (Phi) is 5.84. The number of carbonyl (C=O) groups is 1. The molecule has 0 aliphatic heterocycles. The van der Waals surface area contributed by atoms with Crippen molar-refractivity contribution in [2.45, 2.75) is 26.7 Å². The minimum absolute atomic E-state index is 0.0777. The second-order valence-corrected chi connectivity index (χ2v) is 5.16. The first kappa shape index (κ1) is 14.4. The molecule has 1 aromatic rings. The van der Waals surface area contributed by atoms with Gasteiger partial charge in [0.2, 0.25) is 5.91 Å². The molecule has 5 heteroatoms. The first-order valence-corrected chi connectivity index (χ1v) is 6.94. The summed E-state index contributed by atoms with van der Waals surface area (Å²) in [5, 5.41) is 6.03. The fourth-order valence-electron chi connectivity index (χ4n) is 1.35. The third-order valence-electron chi connectivity index (χ3n) is 2.27. The first-order chi connectivity index (χ1) is 8.06. The lowest BCUT2D eigenvalue weighted by Crippen LogP contribution is -2.33. The molecular formula is C12H15IN2OS. The number of benzene rings is 1. The summed E-state index contributed by atoms with van der Waals surface area (Å²) in [7, 11) is 0. The Balaban J connectivity index is 2.74. The van der Waals surface area contributed by atoms with Gasteiger partial charge in [0.05, 0.1) is 0 Å². The summed E-state index contributed by atoms with van der Waals surface area (Å²) in [4.78, 5) is 11.2. The lowest BCUT2D eigenvalue weighted by Gasteiger charge is -2.12. The smallest absolute Gasteiger partial charge is 0.225 e. The molecule has 0 saturated carbocycles. The van der Waals surface area contributed by atoms with E-state index in [-0.39, 0.29) is 5.91 Å². The maximum absolute atomic E-state index is 11.2. The predicted molar refractivity (Wildman–Crippen MR) is 83.2 cm³/mol. The number of thiocarbonyl (C=S) groups is 1. The molecule has 0 radical (unpaired) electrons. The highest BCUT2D eigenvalue weighted by Gasteiger charge is 2.05. The van der Waals surface area contributed by atoms with E-state index in [0.29, 0.717) is 11.5 Å². The van der Waals surface area contributed by atoms with Crippen LogP contribution >= 0.6 is 34.8 Å². The van der Waals surface area contributed by atoms with Crippen LogP contribution < -0.4 is 10.6 Å². The van der Waals surface area contributed by atoms with Gasteiger partial charge in [-0.15, -0.1) is 0 Å². The predicted octanol–water partition coefficient (Wildman–Crippen LogP) is 3.08. The van der Waals surface area contributed by atoms with E-state index in [1.807, 2.05) is 12.1 Å². The first-order valence-electron chi connectivity index (χ1n) is 5.46. The Bertz CT molecular complexity index is 435. The highest BCUT2D eigenvalue weighted by molar-refractivity contribution is 14.1. The molecule has 0 bridgehead atoms. The van der Waals surface area contributed by atoms with Gasteiger partial charge in [-0.25, -0.2) is 0 Å². The molecule has 92 valence electrons. The van der Waals surface area contributed by atoms with Crippen molar-refractivity contribution in [3.8, 4) is 0 Å². The van der Waals surface area contributed by atoms with E-state index in [1.54, 1.807) is 6.92 Å². The lowest BCUT2D eigenvalue weighted by atomic mass is 10.1. The number of amides is 1. The molecular weight excluding hydrogens is 347 g/mol.